The van der Waals surface area contributed by atoms with Crippen LogP contribution in [0.5, 0.6) is 0 Å². The second kappa shape index (κ2) is 11.3. The predicted molar refractivity (Wildman–Crippen MR) is 151 cm³/mol. The normalized spacial score (nSPS) is 22.2. The summed E-state index contributed by atoms with van der Waals surface area (Å²) in [5.41, 5.74) is 4.45. The van der Waals surface area contributed by atoms with Gasteiger partial charge in [-0.15, -0.1) is 0 Å². The summed E-state index contributed by atoms with van der Waals surface area (Å²) in [4.78, 5) is 15.2. The van der Waals surface area contributed by atoms with Crippen LogP contribution in [0.15, 0.2) is 42.5 Å². The van der Waals surface area contributed by atoms with E-state index in [1.165, 1.54) is 11.1 Å². The number of nitrogens with zero attached hydrogens (tertiary/aromatic N) is 2. The molecular weight excluding hydrogens is 526 g/mol. The number of likely N-dealkylation sites (tertiary alicyclic amines) is 1. The van der Waals surface area contributed by atoms with E-state index in [1.54, 1.807) is 0 Å². The highest BCUT2D eigenvalue weighted by atomic mass is 19.3. The number of hydrogen-bond acceptors (Lipinski definition) is 6. The average molecular weight is 563 g/mol. The largest absolute Gasteiger partial charge is 0.378 e. The van der Waals surface area contributed by atoms with E-state index in [0.29, 0.717) is 12.6 Å². The number of fused-ring (bicyclic) bond motifs is 2. The first-order valence-corrected chi connectivity index (χ1v) is 14.4. The fourth-order valence-corrected chi connectivity index (χ4v) is 6.45. The minimum atomic E-state index is -2.79. The number of carbonyl (C=O) groups is 1. The van der Waals surface area contributed by atoms with Crippen LogP contribution in [0.1, 0.15) is 42.0 Å². The third-order valence-corrected chi connectivity index (χ3v) is 9.31. The van der Waals surface area contributed by atoms with E-state index in [-0.39, 0.29) is 25.1 Å². The highest BCUT2D eigenvalue weighted by Crippen LogP contribution is 2.46. The van der Waals surface area contributed by atoms with Gasteiger partial charge in [-0.1, -0.05) is 36.4 Å². The Balaban J connectivity index is 1.21. The van der Waals surface area contributed by atoms with E-state index >= 15 is 0 Å². The van der Waals surface area contributed by atoms with Gasteiger partial charge in [0.05, 0.1) is 37.5 Å². The van der Waals surface area contributed by atoms with Gasteiger partial charge in [0.2, 0.25) is 5.91 Å². The number of piperidine rings is 1. The summed E-state index contributed by atoms with van der Waals surface area (Å²) < 4.78 is 39.0. The monoisotopic (exact) mass is 562 g/mol. The fraction of sp³-hybridized carbons (Fsp3) is 0.500. The smallest absolute Gasteiger partial charge is 0.255 e. The first-order chi connectivity index (χ1) is 19.9. The minimum absolute atomic E-state index is 0.0893. The van der Waals surface area contributed by atoms with Crippen molar-refractivity contribution in [2.24, 2.45) is 5.41 Å². The van der Waals surface area contributed by atoms with Gasteiger partial charge in [-0.3, -0.25) is 9.69 Å². The van der Waals surface area contributed by atoms with E-state index in [4.69, 9.17) is 9.47 Å². The maximum Gasteiger partial charge on any atom is 0.255 e. The van der Waals surface area contributed by atoms with Crippen LogP contribution in [0.2, 0.25) is 0 Å². The van der Waals surface area contributed by atoms with E-state index < -0.39 is 23.8 Å². The SMILES string of the molecule is C/C=C/c1cc(-c2ccc3c(c2)C2(CCN(C4COC4)CC2)OC3)ccc1C[C@@H](C#N)NC(=O)C1(C(F)F)CNC1. The van der Waals surface area contributed by atoms with Crippen LogP contribution in [0.25, 0.3) is 17.2 Å². The number of allylic oxidation sites excluding steroid dienone is 1. The lowest BCUT2D eigenvalue weighted by Gasteiger charge is -2.45. The van der Waals surface area contributed by atoms with Gasteiger partial charge in [0.25, 0.3) is 6.43 Å². The zero-order chi connectivity index (χ0) is 28.6. The molecule has 0 bridgehead atoms. The number of alkyl halides is 2. The van der Waals surface area contributed by atoms with Crippen LogP contribution in [0, 0.1) is 16.7 Å². The summed E-state index contributed by atoms with van der Waals surface area (Å²) in [5, 5.41) is 15.1. The second-order valence-corrected chi connectivity index (χ2v) is 11.7. The van der Waals surface area contributed by atoms with Crippen molar-refractivity contribution in [3.63, 3.8) is 0 Å². The van der Waals surface area contributed by atoms with Crippen molar-refractivity contribution < 1.29 is 23.0 Å². The number of rotatable bonds is 8. The van der Waals surface area contributed by atoms with Gasteiger partial charge < -0.3 is 20.1 Å². The lowest BCUT2D eigenvalue weighted by atomic mass is 9.80. The maximum atomic E-state index is 13.6. The highest BCUT2D eigenvalue weighted by molar-refractivity contribution is 5.85. The van der Waals surface area contributed by atoms with Crippen LogP contribution in [-0.2, 0) is 32.9 Å². The Hall–Kier alpha value is -3.16. The molecule has 9 heteroatoms. The minimum Gasteiger partial charge on any atom is -0.378 e. The van der Waals surface area contributed by atoms with Gasteiger partial charge in [0, 0.05) is 32.6 Å². The molecule has 41 heavy (non-hydrogen) atoms. The van der Waals surface area contributed by atoms with Crippen molar-refractivity contribution in [3.8, 4) is 17.2 Å². The summed E-state index contributed by atoms with van der Waals surface area (Å²) >= 11 is 0. The standard InChI is InChI=1S/C32H36F2N4O3/c1-2-3-21-12-22(4-5-23(21)13-26(15-35)37-30(39)31(29(33)34)19-36-20-31)24-6-7-25-16-41-32(28(25)14-24)8-10-38(11-9-32)27-17-40-18-27/h2-7,12,14,26-27,29,36H,8-11,13,16-20H2,1H3,(H,37,39)/b3-2+/t26-/m0/s1. The van der Waals surface area contributed by atoms with Gasteiger partial charge >= 0.3 is 0 Å². The lowest BCUT2D eigenvalue weighted by Crippen LogP contribution is -2.66. The van der Waals surface area contributed by atoms with Gasteiger partial charge in [-0.05, 0) is 65.3 Å². The Morgan fingerprint density at radius 1 is 1.20 bits per heavy atom. The first kappa shape index (κ1) is 28.0. The van der Waals surface area contributed by atoms with Crippen LogP contribution in [-0.4, -0.2) is 68.7 Å². The predicted octanol–water partition coefficient (Wildman–Crippen LogP) is 4.01. The summed E-state index contributed by atoms with van der Waals surface area (Å²) in [6.45, 7) is 6.04. The molecule has 216 valence electrons. The molecule has 0 aromatic heterocycles. The zero-order valence-corrected chi connectivity index (χ0v) is 23.3. The molecule has 4 heterocycles. The van der Waals surface area contributed by atoms with E-state index in [2.05, 4.69) is 45.9 Å². The summed E-state index contributed by atoms with van der Waals surface area (Å²) in [6, 6.07) is 14.4. The van der Waals surface area contributed by atoms with Crippen LogP contribution >= 0.6 is 0 Å². The number of nitrogens with one attached hydrogen (secondary N) is 2. The molecule has 2 aromatic carbocycles. The Morgan fingerprint density at radius 2 is 1.93 bits per heavy atom. The first-order valence-electron chi connectivity index (χ1n) is 14.4. The molecule has 3 saturated heterocycles. The molecule has 2 N–H and O–H groups in total. The Morgan fingerprint density at radius 3 is 2.54 bits per heavy atom. The number of carbonyl (C=O) groups excluding carboxylic acids is 1. The Bertz CT molecular complexity index is 1370. The molecule has 0 radical (unpaired) electrons. The molecule has 7 nitrogen and oxygen atoms in total. The Kier molecular flexibility index (Phi) is 7.68. The molecule has 1 atom stereocenters. The highest BCUT2D eigenvalue weighted by Gasteiger charge is 2.52. The van der Waals surface area contributed by atoms with Crippen LogP contribution in [0.4, 0.5) is 8.78 Å². The molecule has 6 rings (SSSR count). The number of halogens is 2. The zero-order valence-electron chi connectivity index (χ0n) is 23.3. The number of benzene rings is 2. The molecule has 1 spiro atoms. The quantitative estimate of drug-likeness (QED) is 0.506. The molecule has 0 unspecified atom stereocenters. The topological polar surface area (TPSA) is 86.6 Å². The maximum absolute atomic E-state index is 13.6. The lowest BCUT2D eigenvalue weighted by molar-refractivity contribution is -0.146. The van der Waals surface area contributed by atoms with Gasteiger partial charge in [0.1, 0.15) is 11.5 Å². The van der Waals surface area contributed by atoms with Crippen molar-refractivity contribution >= 4 is 12.0 Å². The fourth-order valence-electron chi connectivity index (χ4n) is 6.45. The molecule has 0 saturated carbocycles. The van der Waals surface area contributed by atoms with Gasteiger partial charge in [0.15, 0.2) is 0 Å². The van der Waals surface area contributed by atoms with Crippen molar-refractivity contribution in [2.75, 3.05) is 39.4 Å². The van der Waals surface area contributed by atoms with Crippen LogP contribution in [0.3, 0.4) is 0 Å². The summed E-state index contributed by atoms with van der Waals surface area (Å²) in [5.74, 6) is -0.775. The third-order valence-electron chi connectivity index (χ3n) is 9.31. The van der Waals surface area contributed by atoms with Crippen molar-refractivity contribution in [1.82, 2.24) is 15.5 Å². The molecule has 4 aliphatic heterocycles. The number of amides is 1. The molecular formula is C32H36F2N4O3. The van der Waals surface area contributed by atoms with Crippen molar-refractivity contribution in [3.05, 3.63) is 64.7 Å². The molecule has 2 aromatic rings. The second-order valence-electron chi connectivity index (χ2n) is 11.7. The summed E-state index contributed by atoms with van der Waals surface area (Å²) in [6.07, 6.45) is 3.27. The number of hydrogen-bond donors (Lipinski definition) is 2. The number of ether oxygens (including phenoxy) is 2. The van der Waals surface area contributed by atoms with E-state index in [0.717, 1.165) is 61.4 Å². The van der Waals surface area contributed by atoms with Crippen LogP contribution < -0.4 is 10.6 Å². The number of nitriles is 1. The molecule has 3 fully saturated rings. The van der Waals surface area contributed by atoms with Crippen molar-refractivity contribution in [2.45, 2.75) is 56.9 Å². The van der Waals surface area contributed by atoms with Crippen molar-refractivity contribution in [1.29, 1.82) is 5.26 Å². The third kappa shape index (κ3) is 5.08. The average Bonchev–Trinajstić information content (AvgIpc) is 3.26. The molecule has 0 aliphatic carbocycles. The molecule has 4 aliphatic rings. The summed E-state index contributed by atoms with van der Waals surface area (Å²) in [7, 11) is 0. The van der Waals surface area contributed by atoms with E-state index in [9.17, 15) is 18.8 Å². The van der Waals surface area contributed by atoms with Gasteiger partial charge in [-0.25, -0.2) is 8.78 Å². The molecule has 1 amide bonds. The van der Waals surface area contributed by atoms with E-state index in [1.807, 2.05) is 31.2 Å². The Labute approximate surface area is 239 Å². The van der Waals surface area contributed by atoms with Gasteiger partial charge in [-0.2, -0.15) is 5.26 Å².